The van der Waals surface area contributed by atoms with Gasteiger partial charge in [-0.2, -0.15) is 14.2 Å². The van der Waals surface area contributed by atoms with Crippen molar-refractivity contribution in [2.24, 2.45) is 11.8 Å². The molecule has 3 atom stereocenters. The molecule has 0 aliphatic rings. The van der Waals surface area contributed by atoms with Crippen LogP contribution in [0.5, 0.6) is 0 Å². The number of nitrogens with zero attached hydrogens (tertiary/aromatic N) is 1. The zero-order chi connectivity index (χ0) is 48.9. The Hall–Kier alpha value is -5.70. The Bertz CT molecular complexity index is 2730. The van der Waals surface area contributed by atoms with Gasteiger partial charge in [-0.3, -0.25) is 14.4 Å². The Morgan fingerprint density at radius 2 is 1.00 bits per heavy atom. The molecule has 5 aromatic rings. The van der Waals surface area contributed by atoms with Crippen molar-refractivity contribution in [2.45, 2.75) is 87.2 Å². The number of hydrogen-bond acceptors (Lipinski definition) is 10. The Kier molecular flexibility index (Phi) is 19.4. The van der Waals surface area contributed by atoms with Crippen LogP contribution in [0.3, 0.4) is 0 Å². The zero-order valence-corrected chi connectivity index (χ0v) is 39.9. The molecule has 5 rings (SSSR count). The molecule has 0 heterocycles. The Morgan fingerprint density at radius 1 is 0.538 bits per heavy atom. The van der Waals surface area contributed by atoms with E-state index >= 15 is 0 Å². The van der Waals surface area contributed by atoms with E-state index in [2.05, 4.69) is 14.2 Å². The number of benzene rings is 5. The molecule has 19 heteroatoms. The molecule has 65 heavy (non-hydrogen) atoms. The maximum atomic E-state index is 12.8. The zero-order valence-electron chi connectivity index (χ0n) is 37.5. The summed E-state index contributed by atoms with van der Waals surface area (Å²) in [4.78, 5) is 35.9. The summed E-state index contributed by atoms with van der Waals surface area (Å²) in [6.45, 7) is 10.7. The van der Waals surface area contributed by atoms with E-state index in [9.17, 15) is 49.9 Å². The third-order valence-corrected chi connectivity index (χ3v) is 14.2. The largest absolute Gasteiger partial charge is 0.480 e. The van der Waals surface area contributed by atoms with Gasteiger partial charge in [-0.25, -0.2) is 25.3 Å². The van der Waals surface area contributed by atoms with Gasteiger partial charge in [0, 0.05) is 30.6 Å². The minimum Gasteiger partial charge on any atom is -0.480 e. The van der Waals surface area contributed by atoms with E-state index in [4.69, 9.17) is 5.11 Å². The van der Waals surface area contributed by atoms with E-state index in [1.807, 2.05) is 64.9 Å². The first kappa shape index (κ1) is 53.6. The average molecular weight is 955 g/mol. The van der Waals surface area contributed by atoms with Crippen molar-refractivity contribution in [3.63, 3.8) is 0 Å². The number of carboxylic acids is 3. The smallest absolute Gasteiger partial charge is 0.322 e. The highest BCUT2D eigenvalue weighted by Crippen LogP contribution is 2.30. The molecular weight excluding hydrogens is 897 g/mol. The summed E-state index contributed by atoms with van der Waals surface area (Å²) in [6.07, 6.45) is 0.309. The lowest BCUT2D eigenvalue weighted by atomic mass is 10.1. The van der Waals surface area contributed by atoms with Crippen LogP contribution in [0.15, 0.2) is 130 Å². The van der Waals surface area contributed by atoms with Gasteiger partial charge < -0.3 is 20.2 Å². The molecule has 0 aromatic heterocycles. The molecule has 0 aliphatic carbocycles. The number of rotatable bonds is 18. The summed E-state index contributed by atoms with van der Waals surface area (Å²) in [7, 11) is -7.87. The van der Waals surface area contributed by atoms with Crippen LogP contribution >= 0.6 is 0 Å². The van der Waals surface area contributed by atoms with E-state index in [1.165, 1.54) is 30.3 Å². The fourth-order valence-corrected chi connectivity index (χ4v) is 10.2. The minimum absolute atomic E-state index is 0.0525. The van der Waals surface area contributed by atoms with Crippen LogP contribution in [0.2, 0.25) is 0 Å². The van der Waals surface area contributed by atoms with Crippen LogP contribution in [-0.4, -0.2) is 90.7 Å². The van der Waals surface area contributed by atoms with E-state index in [0.29, 0.717) is 5.39 Å². The van der Waals surface area contributed by atoms with Crippen molar-refractivity contribution >= 4 is 64.4 Å². The lowest BCUT2D eigenvalue weighted by Gasteiger charge is -2.19. The topological polar surface area (TPSA) is 254 Å². The normalized spacial score (nSPS) is 13.1. The molecule has 352 valence electrons. The second-order valence-corrected chi connectivity index (χ2v) is 21.3. The number of aryl methyl sites for hydroxylation is 2. The summed E-state index contributed by atoms with van der Waals surface area (Å²) >= 11 is 0. The molecule has 0 bridgehead atoms. The first-order chi connectivity index (χ1) is 30.2. The van der Waals surface area contributed by atoms with E-state index in [0.717, 1.165) is 27.8 Å². The molecular formula is C46H58N4O12S3. The van der Waals surface area contributed by atoms with Gasteiger partial charge in [0.1, 0.15) is 18.1 Å². The number of carboxylic acid groups (broad SMARTS) is 3. The molecule has 0 amide bonds. The van der Waals surface area contributed by atoms with Crippen molar-refractivity contribution in [1.82, 2.24) is 14.2 Å². The number of anilines is 1. The van der Waals surface area contributed by atoms with Crippen molar-refractivity contribution in [2.75, 3.05) is 19.0 Å². The lowest BCUT2D eigenvalue weighted by molar-refractivity contribution is -0.140. The minimum atomic E-state index is -3.97. The van der Waals surface area contributed by atoms with E-state index in [-0.39, 0.29) is 39.4 Å². The molecule has 0 spiro atoms. The van der Waals surface area contributed by atoms with E-state index < -0.39 is 66.1 Å². The first-order valence-corrected chi connectivity index (χ1v) is 24.8. The van der Waals surface area contributed by atoms with Crippen LogP contribution in [0.4, 0.5) is 5.69 Å². The van der Waals surface area contributed by atoms with Crippen LogP contribution in [0.25, 0.3) is 10.8 Å². The fourth-order valence-electron chi connectivity index (χ4n) is 6.24. The highest BCUT2D eigenvalue weighted by atomic mass is 32.2. The van der Waals surface area contributed by atoms with E-state index in [1.54, 1.807) is 80.6 Å². The molecule has 0 aliphatic heterocycles. The van der Waals surface area contributed by atoms with Gasteiger partial charge in [0.05, 0.1) is 14.7 Å². The summed E-state index contributed by atoms with van der Waals surface area (Å²) in [5.74, 6) is -3.84. The highest BCUT2D eigenvalue weighted by molar-refractivity contribution is 7.90. The molecule has 0 saturated carbocycles. The third-order valence-electron chi connectivity index (χ3n) is 9.69. The quantitative estimate of drug-likeness (QED) is 0.0587. The Morgan fingerprint density at radius 3 is 1.45 bits per heavy atom. The maximum absolute atomic E-state index is 12.8. The maximum Gasteiger partial charge on any atom is 0.322 e. The summed E-state index contributed by atoms with van der Waals surface area (Å²) in [6, 6.07) is 28.3. The van der Waals surface area contributed by atoms with Gasteiger partial charge in [0.15, 0.2) is 0 Å². The van der Waals surface area contributed by atoms with Crippen molar-refractivity contribution < 1.29 is 55.0 Å². The SMILES string of the molecule is CC(C)C[C@H](NS(=O)(=O)c1cccc2c(N(C)C)cccc12)C(=O)O.Cc1ccc(S(=O)(=O)N[C@@H](Cc2ccccc2)C(=O)O)cc1.Cc1ccc(S(=O)(=O)N[C@H](C(=O)O)C(C)C)cc1. The standard InChI is InChI=1S/C18H24N2O4S.C16H17NO4S.C12H17NO4S/c1-12(2)11-15(18(21)22)19-25(23,24)17-10-6-7-13-14(17)8-5-9-16(13)20(3)4;1-12-7-9-14(10-8-12)22(20,21)17-15(16(18)19)11-13-5-3-2-4-6-13;1-8(2)11(12(14)15)13-18(16,17)10-6-4-9(3)5-7-10/h5-10,12,15,19H,11H2,1-4H3,(H,21,22);2-10,15,17H,11H2,1H3,(H,18,19);4-8,11,13H,1-3H3,(H,14,15)/t2*15-;11-/m000/s1. The highest BCUT2D eigenvalue weighted by Gasteiger charge is 2.29. The second kappa shape index (κ2) is 23.5. The van der Waals surface area contributed by atoms with Crippen molar-refractivity contribution in [1.29, 1.82) is 0 Å². The van der Waals surface area contributed by atoms with Crippen LogP contribution < -0.4 is 19.1 Å². The molecule has 0 saturated heterocycles. The number of carbonyl (C=O) groups is 3. The molecule has 0 unspecified atom stereocenters. The van der Waals surface area contributed by atoms with Crippen molar-refractivity contribution in [3.05, 3.63) is 132 Å². The number of nitrogens with one attached hydrogen (secondary N) is 3. The number of sulfonamides is 3. The monoisotopic (exact) mass is 954 g/mol. The molecule has 0 fully saturated rings. The van der Waals surface area contributed by atoms with Crippen LogP contribution in [0, 0.1) is 25.7 Å². The van der Waals surface area contributed by atoms with Gasteiger partial charge in [-0.1, -0.05) is 118 Å². The Balaban J connectivity index is 0.000000263. The van der Waals surface area contributed by atoms with Gasteiger partial charge in [0.25, 0.3) is 0 Å². The Labute approximate surface area is 381 Å². The van der Waals surface area contributed by atoms with Crippen LogP contribution in [-0.2, 0) is 50.9 Å². The predicted octanol–water partition coefficient (Wildman–Crippen LogP) is 6.04. The van der Waals surface area contributed by atoms with Gasteiger partial charge >= 0.3 is 17.9 Å². The fraction of sp³-hybridized carbons (Fsp3) is 0.326. The molecule has 16 nitrogen and oxygen atoms in total. The van der Waals surface area contributed by atoms with Gasteiger partial charge in [0.2, 0.25) is 30.1 Å². The second-order valence-electron chi connectivity index (χ2n) is 16.2. The third kappa shape index (κ3) is 16.1. The number of aliphatic carboxylic acids is 3. The summed E-state index contributed by atoms with van der Waals surface area (Å²) in [5.41, 5.74) is 3.51. The molecule has 6 N–H and O–H groups in total. The number of hydrogen-bond donors (Lipinski definition) is 6. The molecule has 5 aromatic carbocycles. The first-order valence-electron chi connectivity index (χ1n) is 20.4. The van der Waals surface area contributed by atoms with Gasteiger partial charge in [-0.15, -0.1) is 0 Å². The van der Waals surface area contributed by atoms with Crippen molar-refractivity contribution in [3.8, 4) is 0 Å². The van der Waals surface area contributed by atoms with Crippen LogP contribution in [0.1, 0.15) is 50.8 Å². The number of fused-ring (bicyclic) bond motifs is 1. The predicted molar refractivity (Wildman–Crippen MR) is 250 cm³/mol. The average Bonchev–Trinajstić information content (AvgIpc) is 3.22. The molecule has 0 radical (unpaired) electrons. The summed E-state index contributed by atoms with van der Waals surface area (Å²) in [5, 5.41) is 28.9. The van der Waals surface area contributed by atoms with Gasteiger partial charge in [-0.05, 0) is 80.5 Å². The summed E-state index contributed by atoms with van der Waals surface area (Å²) < 4.78 is 81.0. The lowest BCUT2D eigenvalue weighted by Crippen LogP contribution is -2.44.